The second-order valence-corrected chi connectivity index (χ2v) is 6.05. The van der Waals surface area contributed by atoms with Gasteiger partial charge in [-0.15, -0.1) is 0 Å². The summed E-state index contributed by atoms with van der Waals surface area (Å²) in [5, 5.41) is 1.07. The molecule has 0 aliphatic heterocycles. The van der Waals surface area contributed by atoms with Crippen LogP contribution in [0.1, 0.15) is 29.1 Å². The Morgan fingerprint density at radius 1 is 1.12 bits per heavy atom. The summed E-state index contributed by atoms with van der Waals surface area (Å²) in [6.07, 6.45) is 0. The summed E-state index contributed by atoms with van der Waals surface area (Å²) in [7, 11) is 1.67. The third-order valence-corrected chi connectivity index (χ3v) is 4.31. The molecule has 3 aromatic rings. The number of fused-ring (bicyclic) bond motifs is 1. The molecule has 122 valence electrons. The van der Waals surface area contributed by atoms with Gasteiger partial charge in [-0.25, -0.2) is 0 Å². The van der Waals surface area contributed by atoms with E-state index in [4.69, 9.17) is 16.0 Å². The monoisotopic (exact) mass is 341 g/mol. The van der Waals surface area contributed by atoms with E-state index >= 15 is 0 Å². The van der Waals surface area contributed by atoms with Crippen molar-refractivity contribution in [3.63, 3.8) is 0 Å². The molecule has 1 aromatic heterocycles. The Morgan fingerprint density at radius 3 is 2.62 bits per heavy atom. The molecule has 0 fully saturated rings. The maximum Gasteiger partial charge on any atom is 0.289 e. The predicted octanol–water partition coefficient (Wildman–Crippen LogP) is 4.28. The molecule has 2 aromatic carbocycles. The standard InChI is InChI=1S/C19H16ClNO3/c1-12(13-6-5-7-14(20)10-13)21(2)19(23)18-11-16(22)15-8-3-4-9-17(15)24-18/h3-12H,1-2H3. The lowest BCUT2D eigenvalue weighted by Gasteiger charge is -2.25. The Hall–Kier alpha value is -2.59. The molecule has 0 saturated carbocycles. The van der Waals surface area contributed by atoms with E-state index in [0.717, 1.165) is 5.56 Å². The van der Waals surface area contributed by atoms with Crippen molar-refractivity contribution in [3.05, 3.63) is 81.2 Å². The molecule has 0 saturated heterocycles. The fourth-order valence-electron chi connectivity index (χ4n) is 2.55. The highest BCUT2D eigenvalue weighted by molar-refractivity contribution is 6.30. The quantitative estimate of drug-likeness (QED) is 0.714. The molecule has 1 amide bonds. The zero-order chi connectivity index (χ0) is 17.3. The highest BCUT2D eigenvalue weighted by Gasteiger charge is 2.22. The lowest BCUT2D eigenvalue weighted by Crippen LogP contribution is -2.30. The number of rotatable bonds is 3. The number of benzene rings is 2. The fourth-order valence-corrected chi connectivity index (χ4v) is 2.75. The van der Waals surface area contributed by atoms with Gasteiger partial charge in [-0.1, -0.05) is 35.9 Å². The highest BCUT2D eigenvalue weighted by Crippen LogP contribution is 2.23. The third-order valence-electron chi connectivity index (χ3n) is 4.08. The van der Waals surface area contributed by atoms with E-state index < -0.39 is 0 Å². The minimum absolute atomic E-state index is 0.0232. The first-order chi connectivity index (χ1) is 11.5. The van der Waals surface area contributed by atoms with Gasteiger partial charge in [0.1, 0.15) is 5.58 Å². The van der Waals surface area contributed by atoms with E-state index in [2.05, 4.69) is 0 Å². The number of amides is 1. The molecule has 0 spiro atoms. The van der Waals surface area contributed by atoms with Crippen LogP contribution in [-0.4, -0.2) is 17.9 Å². The summed E-state index contributed by atoms with van der Waals surface area (Å²) < 4.78 is 5.62. The van der Waals surface area contributed by atoms with E-state index in [1.165, 1.54) is 11.0 Å². The van der Waals surface area contributed by atoms with Gasteiger partial charge >= 0.3 is 0 Å². The molecule has 3 rings (SSSR count). The van der Waals surface area contributed by atoms with Gasteiger partial charge in [0.15, 0.2) is 11.2 Å². The van der Waals surface area contributed by atoms with Crippen molar-refractivity contribution in [1.82, 2.24) is 4.90 Å². The average Bonchev–Trinajstić information content (AvgIpc) is 2.59. The maximum absolute atomic E-state index is 12.7. The first kappa shape index (κ1) is 16.3. The normalized spacial score (nSPS) is 12.1. The van der Waals surface area contributed by atoms with Crippen LogP contribution in [0.5, 0.6) is 0 Å². The van der Waals surface area contributed by atoms with Gasteiger partial charge in [-0.05, 0) is 36.8 Å². The largest absolute Gasteiger partial charge is 0.451 e. The van der Waals surface area contributed by atoms with Crippen LogP contribution in [0.15, 0.2) is 63.8 Å². The zero-order valence-corrected chi connectivity index (χ0v) is 14.1. The molecule has 4 nitrogen and oxygen atoms in total. The van der Waals surface area contributed by atoms with E-state index in [1.807, 2.05) is 25.1 Å². The topological polar surface area (TPSA) is 50.5 Å². The first-order valence-electron chi connectivity index (χ1n) is 7.53. The van der Waals surface area contributed by atoms with Crippen LogP contribution in [0, 0.1) is 0 Å². The zero-order valence-electron chi connectivity index (χ0n) is 13.3. The van der Waals surface area contributed by atoms with Crippen molar-refractivity contribution in [2.75, 3.05) is 7.05 Å². The van der Waals surface area contributed by atoms with E-state index in [9.17, 15) is 9.59 Å². The fraction of sp³-hybridized carbons (Fsp3) is 0.158. The summed E-state index contributed by atoms with van der Waals surface area (Å²) in [6, 6.07) is 15.2. The van der Waals surface area contributed by atoms with Gasteiger partial charge in [-0.3, -0.25) is 9.59 Å². The highest BCUT2D eigenvalue weighted by atomic mass is 35.5. The molecule has 1 atom stereocenters. The van der Waals surface area contributed by atoms with Crippen molar-refractivity contribution < 1.29 is 9.21 Å². The number of hydrogen-bond donors (Lipinski definition) is 0. The van der Waals surface area contributed by atoms with Crippen molar-refractivity contribution in [1.29, 1.82) is 0 Å². The molecule has 1 heterocycles. The molecular weight excluding hydrogens is 326 g/mol. The molecular formula is C19H16ClNO3. The first-order valence-corrected chi connectivity index (χ1v) is 7.90. The van der Waals surface area contributed by atoms with E-state index in [1.54, 1.807) is 37.4 Å². The minimum atomic E-state index is -0.356. The van der Waals surface area contributed by atoms with Crippen LogP contribution >= 0.6 is 11.6 Å². The van der Waals surface area contributed by atoms with Crippen molar-refractivity contribution in [2.24, 2.45) is 0 Å². The Morgan fingerprint density at radius 2 is 1.88 bits per heavy atom. The van der Waals surface area contributed by atoms with Crippen LogP contribution in [-0.2, 0) is 0 Å². The second kappa shape index (κ2) is 6.49. The molecule has 0 aliphatic rings. The van der Waals surface area contributed by atoms with Gasteiger partial charge in [0.2, 0.25) is 0 Å². The summed E-state index contributed by atoms with van der Waals surface area (Å²) in [5.41, 5.74) is 1.07. The summed E-state index contributed by atoms with van der Waals surface area (Å²) in [4.78, 5) is 26.4. The van der Waals surface area contributed by atoms with Crippen LogP contribution in [0.4, 0.5) is 0 Å². The lowest BCUT2D eigenvalue weighted by atomic mass is 10.1. The number of carbonyl (C=O) groups is 1. The Balaban J connectivity index is 1.95. The van der Waals surface area contributed by atoms with E-state index in [-0.39, 0.29) is 23.1 Å². The molecule has 0 radical (unpaired) electrons. The van der Waals surface area contributed by atoms with Gasteiger partial charge in [0.25, 0.3) is 5.91 Å². The van der Waals surface area contributed by atoms with Crippen molar-refractivity contribution >= 4 is 28.5 Å². The smallest absolute Gasteiger partial charge is 0.289 e. The molecule has 0 bridgehead atoms. The SMILES string of the molecule is CC(c1cccc(Cl)c1)N(C)C(=O)c1cc(=O)c2ccccc2o1. The van der Waals surface area contributed by atoms with Gasteiger partial charge in [0.05, 0.1) is 11.4 Å². The average molecular weight is 342 g/mol. The molecule has 24 heavy (non-hydrogen) atoms. The number of para-hydroxylation sites is 1. The van der Waals surface area contributed by atoms with Crippen molar-refractivity contribution in [2.45, 2.75) is 13.0 Å². The molecule has 1 unspecified atom stereocenters. The predicted molar refractivity (Wildman–Crippen MR) is 94.4 cm³/mol. The lowest BCUT2D eigenvalue weighted by molar-refractivity contribution is 0.0711. The maximum atomic E-state index is 12.7. The van der Waals surface area contributed by atoms with Gasteiger partial charge in [-0.2, -0.15) is 0 Å². The van der Waals surface area contributed by atoms with E-state index in [0.29, 0.717) is 16.0 Å². The van der Waals surface area contributed by atoms with Crippen LogP contribution in [0.25, 0.3) is 11.0 Å². The van der Waals surface area contributed by atoms with Crippen LogP contribution < -0.4 is 5.43 Å². The Labute approximate surface area is 144 Å². The molecule has 5 heteroatoms. The third kappa shape index (κ3) is 3.05. The van der Waals surface area contributed by atoms with Crippen LogP contribution in [0.3, 0.4) is 0 Å². The summed E-state index contributed by atoms with van der Waals surface area (Å²) in [5.74, 6) is -0.333. The number of carbonyl (C=O) groups excluding carboxylic acids is 1. The number of nitrogens with zero attached hydrogens (tertiary/aromatic N) is 1. The number of hydrogen-bond acceptors (Lipinski definition) is 3. The van der Waals surface area contributed by atoms with Gasteiger partial charge < -0.3 is 9.32 Å². The Kier molecular flexibility index (Phi) is 4.40. The number of halogens is 1. The Bertz CT molecular complexity index is 964. The summed E-state index contributed by atoms with van der Waals surface area (Å²) in [6.45, 7) is 1.89. The van der Waals surface area contributed by atoms with Crippen LogP contribution in [0.2, 0.25) is 5.02 Å². The van der Waals surface area contributed by atoms with Crippen molar-refractivity contribution in [3.8, 4) is 0 Å². The molecule has 0 N–H and O–H groups in total. The summed E-state index contributed by atoms with van der Waals surface area (Å²) >= 11 is 6.01. The molecule has 0 aliphatic carbocycles. The second-order valence-electron chi connectivity index (χ2n) is 5.62. The van der Waals surface area contributed by atoms with Gasteiger partial charge in [0, 0.05) is 18.1 Å². The minimum Gasteiger partial charge on any atom is -0.451 e.